The van der Waals surface area contributed by atoms with Crippen molar-refractivity contribution in [2.24, 2.45) is 11.7 Å². The van der Waals surface area contributed by atoms with E-state index in [1.54, 1.807) is 35.6 Å². The van der Waals surface area contributed by atoms with Crippen LogP contribution < -0.4 is 15.8 Å². The number of nitrogens with two attached hydrogens (primary N) is 1. The van der Waals surface area contributed by atoms with Crippen LogP contribution in [-0.2, 0) is 17.9 Å². The van der Waals surface area contributed by atoms with Crippen molar-refractivity contribution in [3.63, 3.8) is 0 Å². The number of hydrogen-bond donors (Lipinski definition) is 2. The van der Waals surface area contributed by atoms with Gasteiger partial charge < -0.3 is 15.8 Å². The van der Waals surface area contributed by atoms with Gasteiger partial charge in [-0.3, -0.25) is 14.5 Å². The lowest BCUT2D eigenvalue weighted by molar-refractivity contribution is -0.123. The zero-order valence-electron chi connectivity index (χ0n) is 18.6. The fourth-order valence-electron chi connectivity index (χ4n) is 3.92. The van der Waals surface area contributed by atoms with Crippen molar-refractivity contribution in [2.45, 2.75) is 32.9 Å². The number of carbonyl (C=O) groups is 2. The standard InChI is InChI=1S/C25H28N4O3S/c1-17-27-22(16-33-17)15-32-23-7-5-20(6-8-23)25(31)28-21-4-2-3-18(13-21)14-29-11-9-19(10-12-29)24(26)30/h2-8,13,16,19H,9-12,14-15H2,1H3,(H2,26,30)(H,28,31). The van der Waals surface area contributed by atoms with E-state index >= 15 is 0 Å². The van der Waals surface area contributed by atoms with E-state index in [9.17, 15) is 9.59 Å². The Balaban J connectivity index is 1.29. The fraction of sp³-hybridized carbons (Fsp3) is 0.320. The summed E-state index contributed by atoms with van der Waals surface area (Å²) in [6, 6.07) is 15.0. The normalized spacial score (nSPS) is 14.7. The summed E-state index contributed by atoms with van der Waals surface area (Å²) in [5, 5.41) is 5.96. The highest BCUT2D eigenvalue weighted by Crippen LogP contribution is 2.21. The molecule has 2 amide bonds. The summed E-state index contributed by atoms with van der Waals surface area (Å²) in [5.41, 5.74) is 8.75. The number of carbonyl (C=O) groups excluding carboxylic acids is 2. The van der Waals surface area contributed by atoms with Crippen molar-refractivity contribution in [3.8, 4) is 5.75 Å². The number of aryl methyl sites for hydroxylation is 1. The molecule has 1 saturated heterocycles. The minimum atomic E-state index is -0.200. The number of amides is 2. The average molecular weight is 465 g/mol. The summed E-state index contributed by atoms with van der Waals surface area (Å²) in [6.45, 7) is 4.84. The Bertz CT molecular complexity index is 1100. The fourth-order valence-corrected chi connectivity index (χ4v) is 4.52. The van der Waals surface area contributed by atoms with Crippen LogP contribution in [0.1, 0.15) is 39.5 Å². The van der Waals surface area contributed by atoms with Crippen LogP contribution in [0.3, 0.4) is 0 Å². The maximum Gasteiger partial charge on any atom is 0.255 e. The molecule has 0 atom stereocenters. The van der Waals surface area contributed by atoms with Crippen molar-refractivity contribution in [1.29, 1.82) is 0 Å². The predicted molar refractivity (Wildman–Crippen MR) is 129 cm³/mol. The van der Waals surface area contributed by atoms with Gasteiger partial charge in [0.05, 0.1) is 10.7 Å². The molecule has 0 saturated carbocycles. The van der Waals surface area contributed by atoms with Gasteiger partial charge in [-0.25, -0.2) is 4.98 Å². The van der Waals surface area contributed by atoms with E-state index in [1.807, 2.05) is 36.6 Å². The summed E-state index contributed by atoms with van der Waals surface area (Å²) in [4.78, 5) is 30.7. The molecule has 0 radical (unpaired) electrons. The number of nitrogens with one attached hydrogen (secondary N) is 1. The number of aromatic nitrogens is 1. The molecule has 0 bridgehead atoms. The topological polar surface area (TPSA) is 97.6 Å². The molecule has 2 heterocycles. The van der Waals surface area contributed by atoms with Gasteiger partial charge in [-0.2, -0.15) is 0 Å². The third kappa shape index (κ3) is 6.40. The van der Waals surface area contributed by atoms with Gasteiger partial charge in [-0.05, 0) is 74.8 Å². The molecule has 4 rings (SSSR count). The zero-order chi connectivity index (χ0) is 23.2. The lowest BCUT2D eigenvalue weighted by atomic mass is 9.96. The van der Waals surface area contributed by atoms with Gasteiger partial charge in [0, 0.05) is 29.1 Å². The molecule has 0 aliphatic carbocycles. The van der Waals surface area contributed by atoms with Crippen molar-refractivity contribution >= 4 is 28.8 Å². The minimum Gasteiger partial charge on any atom is -0.487 e. The molecule has 1 aromatic heterocycles. The molecule has 33 heavy (non-hydrogen) atoms. The second-order valence-corrected chi connectivity index (χ2v) is 9.34. The number of piperidine rings is 1. The maximum absolute atomic E-state index is 12.7. The number of nitrogens with zero attached hydrogens (tertiary/aromatic N) is 2. The van der Waals surface area contributed by atoms with Crippen LogP contribution in [0.2, 0.25) is 0 Å². The van der Waals surface area contributed by atoms with Gasteiger partial charge >= 0.3 is 0 Å². The molecule has 0 unspecified atom stereocenters. The highest BCUT2D eigenvalue weighted by Gasteiger charge is 2.23. The number of rotatable bonds is 8. The van der Waals surface area contributed by atoms with Crippen LogP contribution in [0.25, 0.3) is 0 Å². The highest BCUT2D eigenvalue weighted by molar-refractivity contribution is 7.09. The molecule has 1 aliphatic rings. The molecule has 2 aromatic carbocycles. The second kappa shape index (κ2) is 10.6. The van der Waals surface area contributed by atoms with Crippen molar-refractivity contribution in [1.82, 2.24) is 9.88 Å². The van der Waals surface area contributed by atoms with Crippen molar-refractivity contribution in [3.05, 3.63) is 75.7 Å². The predicted octanol–water partition coefficient (Wildman–Crippen LogP) is 3.98. The largest absolute Gasteiger partial charge is 0.487 e. The minimum absolute atomic E-state index is 0.0137. The third-order valence-corrected chi connectivity index (χ3v) is 6.57. The number of thiazole rings is 1. The van der Waals surface area contributed by atoms with E-state index in [0.29, 0.717) is 17.9 Å². The van der Waals surface area contributed by atoms with Gasteiger partial charge in [0.2, 0.25) is 5.91 Å². The molecule has 3 N–H and O–H groups in total. The molecule has 172 valence electrons. The smallest absolute Gasteiger partial charge is 0.255 e. The van der Waals surface area contributed by atoms with Crippen LogP contribution in [0, 0.1) is 12.8 Å². The summed E-state index contributed by atoms with van der Waals surface area (Å²) in [6.07, 6.45) is 1.60. The van der Waals surface area contributed by atoms with Crippen molar-refractivity contribution in [2.75, 3.05) is 18.4 Å². The zero-order valence-corrected chi connectivity index (χ0v) is 19.4. The summed E-state index contributed by atoms with van der Waals surface area (Å²) in [7, 11) is 0. The van der Waals surface area contributed by atoms with Gasteiger partial charge in [0.1, 0.15) is 12.4 Å². The highest BCUT2D eigenvalue weighted by atomic mass is 32.1. The Morgan fingerprint density at radius 2 is 1.94 bits per heavy atom. The SMILES string of the molecule is Cc1nc(COc2ccc(C(=O)Nc3cccc(CN4CCC(C(N)=O)CC4)c3)cc2)cs1. The van der Waals surface area contributed by atoms with E-state index < -0.39 is 0 Å². The number of benzene rings is 2. The first-order valence-corrected chi connectivity index (χ1v) is 11.9. The van der Waals surface area contributed by atoms with Gasteiger partial charge in [0.25, 0.3) is 5.91 Å². The van der Waals surface area contributed by atoms with E-state index in [-0.39, 0.29) is 17.7 Å². The second-order valence-electron chi connectivity index (χ2n) is 8.28. The van der Waals surface area contributed by atoms with Gasteiger partial charge in [0.15, 0.2) is 0 Å². The van der Waals surface area contributed by atoms with E-state index in [4.69, 9.17) is 10.5 Å². The average Bonchev–Trinajstić information content (AvgIpc) is 3.24. The molecule has 3 aromatic rings. The molecular weight excluding hydrogens is 436 g/mol. The number of primary amides is 1. The molecule has 1 fully saturated rings. The summed E-state index contributed by atoms with van der Waals surface area (Å²) in [5.74, 6) is 0.309. The molecule has 1 aliphatic heterocycles. The van der Waals surface area contributed by atoms with Crippen LogP contribution >= 0.6 is 11.3 Å². The molecule has 0 spiro atoms. The van der Waals surface area contributed by atoms with E-state index in [2.05, 4.69) is 15.2 Å². The van der Waals surface area contributed by atoms with E-state index in [0.717, 1.165) is 54.4 Å². The maximum atomic E-state index is 12.7. The summed E-state index contributed by atoms with van der Waals surface area (Å²) >= 11 is 1.59. The Morgan fingerprint density at radius 1 is 1.18 bits per heavy atom. The lowest BCUT2D eigenvalue weighted by Crippen LogP contribution is -2.38. The Morgan fingerprint density at radius 3 is 2.61 bits per heavy atom. The Kier molecular flexibility index (Phi) is 7.36. The van der Waals surface area contributed by atoms with Crippen LogP contribution in [0.5, 0.6) is 5.75 Å². The van der Waals surface area contributed by atoms with Gasteiger partial charge in [-0.15, -0.1) is 11.3 Å². The number of anilines is 1. The van der Waals surface area contributed by atoms with Gasteiger partial charge in [-0.1, -0.05) is 12.1 Å². The van der Waals surface area contributed by atoms with Crippen LogP contribution in [-0.4, -0.2) is 34.8 Å². The molecule has 8 heteroatoms. The van der Waals surface area contributed by atoms with Crippen LogP contribution in [0.15, 0.2) is 53.9 Å². The monoisotopic (exact) mass is 464 g/mol. The molecule has 7 nitrogen and oxygen atoms in total. The number of likely N-dealkylation sites (tertiary alicyclic amines) is 1. The molecular formula is C25H28N4O3S. The Hall–Kier alpha value is -3.23. The first kappa shape index (κ1) is 22.9. The quantitative estimate of drug-likeness (QED) is 0.526. The first-order valence-electron chi connectivity index (χ1n) is 11.0. The number of ether oxygens (including phenoxy) is 1. The first-order chi connectivity index (χ1) is 16.0. The Labute approximate surface area is 197 Å². The van der Waals surface area contributed by atoms with Crippen molar-refractivity contribution < 1.29 is 14.3 Å². The summed E-state index contributed by atoms with van der Waals surface area (Å²) < 4.78 is 5.75. The van der Waals surface area contributed by atoms with E-state index in [1.165, 1.54) is 0 Å². The lowest BCUT2D eigenvalue weighted by Gasteiger charge is -2.30. The van der Waals surface area contributed by atoms with Crippen LogP contribution in [0.4, 0.5) is 5.69 Å². The number of hydrogen-bond acceptors (Lipinski definition) is 6. The third-order valence-electron chi connectivity index (χ3n) is 5.75.